The predicted octanol–water partition coefficient (Wildman–Crippen LogP) is 3.54. The van der Waals surface area contributed by atoms with Gasteiger partial charge in [0.2, 0.25) is 6.79 Å². The minimum atomic E-state index is -0.195. The van der Waals surface area contributed by atoms with Crippen LogP contribution in [0.2, 0.25) is 0 Å². The summed E-state index contributed by atoms with van der Waals surface area (Å²) in [6.45, 7) is 4.78. The van der Waals surface area contributed by atoms with E-state index in [2.05, 4.69) is 41.8 Å². The van der Waals surface area contributed by atoms with Crippen LogP contribution in [0.25, 0.3) is 0 Å². The van der Waals surface area contributed by atoms with Crippen molar-refractivity contribution in [1.29, 1.82) is 0 Å². The molecule has 5 heteroatoms. The Morgan fingerprint density at radius 2 is 1.79 bits per heavy atom. The summed E-state index contributed by atoms with van der Waals surface area (Å²) in [5.41, 5.74) is 3.35. The average molecular weight is 326 g/mol. The first-order valence-electron chi connectivity index (χ1n) is 8.17. The first-order valence-corrected chi connectivity index (χ1v) is 8.17. The van der Waals surface area contributed by atoms with Gasteiger partial charge in [-0.15, -0.1) is 0 Å². The van der Waals surface area contributed by atoms with E-state index in [1.54, 1.807) is 0 Å². The summed E-state index contributed by atoms with van der Waals surface area (Å²) >= 11 is 0. The fourth-order valence-corrected chi connectivity index (χ4v) is 2.61. The molecule has 2 N–H and O–H groups in total. The molecule has 0 aromatic heterocycles. The molecule has 2 aromatic rings. The second kappa shape index (κ2) is 7.25. The van der Waals surface area contributed by atoms with Crippen molar-refractivity contribution >= 4 is 6.03 Å². The second-order valence-electron chi connectivity index (χ2n) is 5.83. The van der Waals surface area contributed by atoms with Gasteiger partial charge >= 0.3 is 6.03 Å². The van der Waals surface area contributed by atoms with Gasteiger partial charge in [0.25, 0.3) is 0 Å². The molecule has 1 aliphatic rings. The Kier molecular flexibility index (Phi) is 4.89. The lowest BCUT2D eigenvalue weighted by molar-refractivity contribution is 0.174. The van der Waals surface area contributed by atoms with E-state index < -0.39 is 0 Å². The smallest absolute Gasteiger partial charge is 0.315 e. The van der Waals surface area contributed by atoms with Crippen LogP contribution in [-0.4, -0.2) is 12.8 Å². The molecule has 1 unspecified atom stereocenters. The summed E-state index contributed by atoms with van der Waals surface area (Å²) in [6.07, 6.45) is 1.01. The molecule has 2 amide bonds. The fraction of sp³-hybridized carbons (Fsp3) is 0.316. The first kappa shape index (κ1) is 16.2. The van der Waals surface area contributed by atoms with E-state index in [1.165, 1.54) is 5.56 Å². The van der Waals surface area contributed by atoms with Crippen molar-refractivity contribution in [2.45, 2.75) is 32.9 Å². The summed E-state index contributed by atoms with van der Waals surface area (Å²) in [7, 11) is 0. The number of carbonyl (C=O) groups is 1. The van der Waals surface area contributed by atoms with Crippen molar-refractivity contribution in [1.82, 2.24) is 10.6 Å². The number of benzene rings is 2. The van der Waals surface area contributed by atoms with E-state index in [0.717, 1.165) is 29.0 Å². The molecule has 2 aromatic carbocycles. The van der Waals surface area contributed by atoms with Crippen LogP contribution in [0.5, 0.6) is 11.5 Å². The minimum absolute atomic E-state index is 0.0485. The van der Waals surface area contributed by atoms with Crippen LogP contribution in [0.3, 0.4) is 0 Å². The molecular weight excluding hydrogens is 304 g/mol. The quantitative estimate of drug-likeness (QED) is 0.883. The molecule has 0 radical (unpaired) electrons. The van der Waals surface area contributed by atoms with Crippen LogP contribution < -0.4 is 20.1 Å². The third kappa shape index (κ3) is 3.79. The zero-order chi connectivity index (χ0) is 16.9. The lowest BCUT2D eigenvalue weighted by Gasteiger charge is -2.15. The summed E-state index contributed by atoms with van der Waals surface area (Å²) in [4.78, 5) is 12.1. The van der Waals surface area contributed by atoms with Gasteiger partial charge in [0.1, 0.15) is 0 Å². The minimum Gasteiger partial charge on any atom is -0.454 e. The first-order chi connectivity index (χ1) is 11.7. The highest BCUT2D eigenvalue weighted by atomic mass is 16.7. The molecule has 0 saturated carbocycles. The lowest BCUT2D eigenvalue weighted by Crippen LogP contribution is -2.36. The Hall–Kier alpha value is -2.69. The highest BCUT2D eigenvalue weighted by Gasteiger charge is 2.14. The van der Waals surface area contributed by atoms with E-state index in [0.29, 0.717) is 6.54 Å². The monoisotopic (exact) mass is 326 g/mol. The standard InChI is InChI=1S/C19H22N2O3/c1-3-14-4-7-16(8-5-14)13(2)21-19(22)20-11-15-6-9-17-18(10-15)24-12-23-17/h4-10,13H,3,11-12H2,1-2H3,(H2,20,21,22). The molecular formula is C19H22N2O3. The van der Waals surface area contributed by atoms with Gasteiger partial charge in [0.05, 0.1) is 6.04 Å². The van der Waals surface area contributed by atoms with Gasteiger partial charge < -0.3 is 20.1 Å². The van der Waals surface area contributed by atoms with Crippen LogP contribution in [0.15, 0.2) is 42.5 Å². The number of rotatable bonds is 5. The third-order valence-corrected chi connectivity index (χ3v) is 4.13. The van der Waals surface area contributed by atoms with Gasteiger partial charge in [-0.3, -0.25) is 0 Å². The number of hydrogen-bond donors (Lipinski definition) is 2. The molecule has 0 aliphatic carbocycles. The van der Waals surface area contributed by atoms with E-state index in [4.69, 9.17) is 9.47 Å². The van der Waals surface area contributed by atoms with Gasteiger partial charge in [-0.2, -0.15) is 0 Å². The fourth-order valence-electron chi connectivity index (χ4n) is 2.61. The Balaban J connectivity index is 1.51. The van der Waals surface area contributed by atoms with E-state index in [9.17, 15) is 4.79 Å². The maximum atomic E-state index is 12.1. The number of carbonyl (C=O) groups excluding carboxylic acids is 1. The van der Waals surface area contributed by atoms with Gasteiger partial charge in [-0.25, -0.2) is 4.79 Å². The molecule has 1 atom stereocenters. The van der Waals surface area contributed by atoms with Crippen LogP contribution >= 0.6 is 0 Å². The number of nitrogens with one attached hydrogen (secondary N) is 2. The second-order valence-corrected chi connectivity index (χ2v) is 5.83. The highest BCUT2D eigenvalue weighted by molar-refractivity contribution is 5.74. The average Bonchev–Trinajstić information content (AvgIpc) is 3.07. The summed E-state index contributed by atoms with van der Waals surface area (Å²) in [6, 6.07) is 13.7. The molecule has 1 aliphatic heterocycles. The summed E-state index contributed by atoms with van der Waals surface area (Å²) in [5.74, 6) is 1.46. The lowest BCUT2D eigenvalue weighted by atomic mass is 10.1. The Bertz CT molecular complexity index is 713. The molecule has 0 bridgehead atoms. The highest BCUT2D eigenvalue weighted by Crippen LogP contribution is 2.32. The van der Waals surface area contributed by atoms with Crippen molar-refractivity contribution in [2.24, 2.45) is 0 Å². The zero-order valence-electron chi connectivity index (χ0n) is 14.0. The zero-order valence-corrected chi connectivity index (χ0v) is 14.0. The SMILES string of the molecule is CCc1ccc(C(C)NC(=O)NCc2ccc3c(c2)OCO3)cc1. The maximum absolute atomic E-state index is 12.1. The van der Waals surface area contributed by atoms with Crippen molar-refractivity contribution in [3.8, 4) is 11.5 Å². The van der Waals surface area contributed by atoms with Gasteiger partial charge in [0.15, 0.2) is 11.5 Å². The molecule has 1 heterocycles. The van der Waals surface area contributed by atoms with Crippen molar-refractivity contribution in [2.75, 3.05) is 6.79 Å². The Morgan fingerprint density at radius 1 is 1.08 bits per heavy atom. The summed E-state index contributed by atoms with van der Waals surface area (Å²) < 4.78 is 10.6. The van der Waals surface area contributed by atoms with Crippen LogP contribution in [0, 0.1) is 0 Å². The van der Waals surface area contributed by atoms with Crippen molar-refractivity contribution in [3.63, 3.8) is 0 Å². The maximum Gasteiger partial charge on any atom is 0.315 e. The van der Waals surface area contributed by atoms with Gasteiger partial charge in [0, 0.05) is 6.54 Å². The summed E-state index contributed by atoms with van der Waals surface area (Å²) in [5, 5.41) is 5.82. The molecule has 24 heavy (non-hydrogen) atoms. The largest absolute Gasteiger partial charge is 0.454 e. The van der Waals surface area contributed by atoms with Crippen LogP contribution in [-0.2, 0) is 13.0 Å². The Morgan fingerprint density at radius 3 is 2.54 bits per heavy atom. The molecule has 0 saturated heterocycles. The number of amides is 2. The van der Waals surface area contributed by atoms with E-state index in [1.807, 2.05) is 25.1 Å². The molecule has 0 spiro atoms. The molecule has 0 fully saturated rings. The topological polar surface area (TPSA) is 59.6 Å². The van der Waals surface area contributed by atoms with Crippen molar-refractivity contribution in [3.05, 3.63) is 59.2 Å². The molecule has 3 rings (SSSR count). The number of aryl methyl sites for hydroxylation is 1. The van der Waals surface area contributed by atoms with Crippen LogP contribution in [0.1, 0.15) is 36.6 Å². The number of ether oxygens (including phenoxy) is 2. The molecule has 126 valence electrons. The predicted molar refractivity (Wildman–Crippen MR) is 92.2 cm³/mol. The van der Waals surface area contributed by atoms with Gasteiger partial charge in [-0.05, 0) is 42.2 Å². The molecule has 5 nitrogen and oxygen atoms in total. The van der Waals surface area contributed by atoms with Gasteiger partial charge in [-0.1, -0.05) is 37.3 Å². The van der Waals surface area contributed by atoms with E-state index in [-0.39, 0.29) is 18.9 Å². The van der Waals surface area contributed by atoms with Crippen LogP contribution in [0.4, 0.5) is 4.79 Å². The van der Waals surface area contributed by atoms with Crippen molar-refractivity contribution < 1.29 is 14.3 Å². The Labute approximate surface area is 142 Å². The number of fused-ring (bicyclic) bond motifs is 1. The third-order valence-electron chi connectivity index (χ3n) is 4.13. The van der Waals surface area contributed by atoms with E-state index >= 15 is 0 Å². The normalized spacial score (nSPS) is 13.4. The number of urea groups is 1. The number of hydrogen-bond acceptors (Lipinski definition) is 3.